The molecule has 2 unspecified atom stereocenters. The molecule has 1 aliphatic rings. The highest BCUT2D eigenvalue weighted by atomic mass is 32.2. The summed E-state index contributed by atoms with van der Waals surface area (Å²) < 4.78 is 0. The molecule has 104 valence electrons. The van der Waals surface area contributed by atoms with Crippen LogP contribution in [0.4, 0.5) is 0 Å². The van der Waals surface area contributed by atoms with Crippen molar-refractivity contribution >= 4 is 17.7 Å². The van der Waals surface area contributed by atoms with Gasteiger partial charge in [-0.1, -0.05) is 26.0 Å². The van der Waals surface area contributed by atoms with Gasteiger partial charge in [0.25, 0.3) is 5.91 Å². The van der Waals surface area contributed by atoms with Crippen molar-refractivity contribution in [1.29, 1.82) is 0 Å². The maximum atomic E-state index is 11.5. The number of carbonyl (C=O) groups excluding carboxylic acids is 1. The fourth-order valence-corrected chi connectivity index (χ4v) is 3.95. The minimum Gasteiger partial charge on any atom is -0.297 e. The zero-order valence-electron chi connectivity index (χ0n) is 11.4. The fraction of sp³-hybridized carbons (Fsp3) is 0.500. The van der Waals surface area contributed by atoms with Gasteiger partial charge in [-0.05, 0) is 17.7 Å². The highest BCUT2D eigenvalue weighted by molar-refractivity contribution is 8.00. The zero-order valence-corrected chi connectivity index (χ0v) is 12.2. The van der Waals surface area contributed by atoms with Gasteiger partial charge in [0.1, 0.15) is 0 Å². The van der Waals surface area contributed by atoms with Crippen molar-refractivity contribution in [3.63, 3.8) is 0 Å². The minimum atomic E-state index is -0.238. The Morgan fingerprint density at radius 2 is 2.11 bits per heavy atom. The number of hydrogen-bond acceptors (Lipinski definition) is 4. The quantitative estimate of drug-likeness (QED) is 0.501. The third-order valence-corrected chi connectivity index (χ3v) is 4.45. The summed E-state index contributed by atoms with van der Waals surface area (Å²) in [6, 6.07) is 7.66. The van der Waals surface area contributed by atoms with Crippen LogP contribution in [0.15, 0.2) is 24.3 Å². The van der Waals surface area contributed by atoms with Crippen LogP contribution in [0.5, 0.6) is 0 Å². The van der Waals surface area contributed by atoms with E-state index in [0.29, 0.717) is 16.1 Å². The number of nitrogen functional groups attached to an aromatic ring is 1. The first-order valence-corrected chi connectivity index (χ1v) is 7.50. The Kier molecular flexibility index (Phi) is 4.85. The molecule has 0 radical (unpaired) electrons. The lowest BCUT2D eigenvalue weighted by molar-refractivity contribution is 0.0953. The molecule has 2 rings (SSSR count). The molecule has 1 amide bonds. The van der Waals surface area contributed by atoms with E-state index in [1.807, 2.05) is 23.9 Å². The SMILES string of the molecule is CC1CN(Cc2cccc(C(=O)NN)c2)CC(C)S1. The van der Waals surface area contributed by atoms with Crippen molar-refractivity contribution in [1.82, 2.24) is 10.3 Å². The van der Waals surface area contributed by atoms with Crippen LogP contribution in [0.3, 0.4) is 0 Å². The molecule has 1 aliphatic heterocycles. The number of thioether (sulfide) groups is 1. The largest absolute Gasteiger partial charge is 0.297 e. The lowest BCUT2D eigenvalue weighted by atomic mass is 10.1. The number of hydrogen-bond donors (Lipinski definition) is 2. The summed E-state index contributed by atoms with van der Waals surface area (Å²) in [7, 11) is 0. The van der Waals surface area contributed by atoms with E-state index < -0.39 is 0 Å². The number of amides is 1. The third-order valence-electron chi connectivity index (χ3n) is 3.22. The first-order chi connectivity index (χ1) is 9.08. The summed E-state index contributed by atoms with van der Waals surface area (Å²) >= 11 is 2.04. The van der Waals surface area contributed by atoms with Crippen LogP contribution in [0, 0.1) is 0 Å². The number of nitrogens with zero attached hydrogens (tertiary/aromatic N) is 1. The molecule has 0 spiro atoms. The number of rotatable bonds is 3. The van der Waals surface area contributed by atoms with Crippen LogP contribution < -0.4 is 11.3 Å². The molecule has 3 N–H and O–H groups in total. The van der Waals surface area contributed by atoms with Crippen LogP contribution in [-0.2, 0) is 6.54 Å². The van der Waals surface area contributed by atoms with Gasteiger partial charge in [-0.2, -0.15) is 11.8 Å². The van der Waals surface area contributed by atoms with Gasteiger partial charge in [0.15, 0.2) is 0 Å². The topological polar surface area (TPSA) is 58.4 Å². The standard InChI is InChI=1S/C14H21N3OS/c1-10-7-17(8-11(2)19-10)9-12-4-3-5-13(6-12)14(18)16-15/h3-6,10-11H,7-9,15H2,1-2H3,(H,16,18). The summed E-state index contributed by atoms with van der Waals surface area (Å²) in [5.74, 6) is 4.92. The van der Waals surface area contributed by atoms with Crippen molar-refractivity contribution < 1.29 is 4.79 Å². The fourth-order valence-electron chi connectivity index (χ4n) is 2.57. The lowest BCUT2D eigenvalue weighted by Crippen LogP contribution is -2.39. The maximum absolute atomic E-state index is 11.5. The van der Waals surface area contributed by atoms with E-state index in [2.05, 4.69) is 30.2 Å². The third kappa shape index (κ3) is 3.96. The van der Waals surface area contributed by atoms with E-state index in [0.717, 1.165) is 25.2 Å². The number of nitrogens with one attached hydrogen (secondary N) is 1. The normalized spacial score (nSPS) is 24.2. The molecule has 19 heavy (non-hydrogen) atoms. The van der Waals surface area contributed by atoms with Gasteiger partial charge >= 0.3 is 0 Å². The van der Waals surface area contributed by atoms with Crippen LogP contribution in [0.25, 0.3) is 0 Å². The van der Waals surface area contributed by atoms with Gasteiger partial charge in [0, 0.05) is 35.7 Å². The molecule has 1 aromatic rings. The Hall–Kier alpha value is -1.04. The van der Waals surface area contributed by atoms with E-state index >= 15 is 0 Å². The summed E-state index contributed by atoms with van der Waals surface area (Å²) in [6.07, 6.45) is 0. The van der Waals surface area contributed by atoms with Gasteiger partial charge in [-0.3, -0.25) is 15.1 Å². The van der Waals surface area contributed by atoms with Crippen LogP contribution in [-0.4, -0.2) is 34.4 Å². The van der Waals surface area contributed by atoms with E-state index in [4.69, 9.17) is 5.84 Å². The molecule has 5 heteroatoms. The highest BCUT2D eigenvalue weighted by Crippen LogP contribution is 2.25. The van der Waals surface area contributed by atoms with Gasteiger partial charge in [-0.15, -0.1) is 0 Å². The molecule has 1 heterocycles. The number of nitrogens with two attached hydrogens (primary N) is 1. The summed E-state index contributed by atoms with van der Waals surface area (Å²) in [5, 5.41) is 1.33. The van der Waals surface area contributed by atoms with Gasteiger partial charge in [0.2, 0.25) is 0 Å². The second-order valence-corrected chi connectivity index (χ2v) is 7.01. The second-order valence-electron chi connectivity index (χ2n) is 5.13. The molecule has 0 aliphatic carbocycles. The number of benzene rings is 1. The smallest absolute Gasteiger partial charge is 0.265 e. The Morgan fingerprint density at radius 1 is 1.42 bits per heavy atom. The highest BCUT2D eigenvalue weighted by Gasteiger charge is 2.22. The van der Waals surface area contributed by atoms with E-state index in [-0.39, 0.29) is 5.91 Å². The zero-order chi connectivity index (χ0) is 13.8. The second kappa shape index (κ2) is 6.41. The first kappa shape index (κ1) is 14.4. The maximum Gasteiger partial charge on any atom is 0.265 e. The van der Waals surface area contributed by atoms with Gasteiger partial charge < -0.3 is 0 Å². The van der Waals surface area contributed by atoms with Gasteiger partial charge in [-0.25, -0.2) is 5.84 Å². The van der Waals surface area contributed by atoms with Crippen molar-refractivity contribution in [3.05, 3.63) is 35.4 Å². The Balaban J connectivity index is 2.04. The number of hydrazine groups is 1. The molecule has 4 nitrogen and oxygen atoms in total. The average molecular weight is 279 g/mol. The van der Waals surface area contributed by atoms with E-state index in [1.54, 1.807) is 6.07 Å². The predicted octanol–water partition coefficient (Wildman–Crippen LogP) is 1.62. The molecule has 1 aromatic carbocycles. The summed E-state index contributed by atoms with van der Waals surface area (Å²) in [5.41, 5.74) is 3.95. The number of carbonyl (C=O) groups is 1. The van der Waals surface area contributed by atoms with Crippen LogP contribution >= 0.6 is 11.8 Å². The summed E-state index contributed by atoms with van der Waals surface area (Å²) in [4.78, 5) is 14.0. The Morgan fingerprint density at radius 3 is 2.74 bits per heavy atom. The first-order valence-electron chi connectivity index (χ1n) is 6.56. The van der Waals surface area contributed by atoms with Crippen LogP contribution in [0.2, 0.25) is 0 Å². The van der Waals surface area contributed by atoms with E-state index in [1.165, 1.54) is 0 Å². The molecular formula is C14H21N3OS. The molecular weight excluding hydrogens is 258 g/mol. The predicted molar refractivity (Wildman–Crippen MR) is 79.9 cm³/mol. The Labute approximate surface area is 118 Å². The Bertz CT molecular complexity index is 442. The molecule has 0 saturated carbocycles. The monoisotopic (exact) mass is 279 g/mol. The minimum absolute atomic E-state index is 0.238. The van der Waals surface area contributed by atoms with Crippen molar-refractivity contribution in [3.8, 4) is 0 Å². The molecule has 1 fully saturated rings. The molecule has 0 aromatic heterocycles. The van der Waals surface area contributed by atoms with Crippen molar-refractivity contribution in [2.75, 3.05) is 13.1 Å². The summed E-state index contributed by atoms with van der Waals surface area (Å²) in [6.45, 7) is 7.63. The van der Waals surface area contributed by atoms with Crippen molar-refractivity contribution in [2.24, 2.45) is 5.84 Å². The van der Waals surface area contributed by atoms with Gasteiger partial charge in [0.05, 0.1) is 0 Å². The molecule has 0 bridgehead atoms. The molecule has 2 atom stereocenters. The molecule has 1 saturated heterocycles. The lowest BCUT2D eigenvalue weighted by Gasteiger charge is -2.34. The van der Waals surface area contributed by atoms with Crippen LogP contribution in [0.1, 0.15) is 29.8 Å². The van der Waals surface area contributed by atoms with E-state index in [9.17, 15) is 4.79 Å². The van der Waals surface area contributed by atoms with Crippen molar-refractivity contribution in [2.45, 2.75) is 30.9 Å². The average Bonchev–Trinajstić information content (AvgIpc) is 2.37.